The second-order valence-electron chi connectivity index (χ2n) is 4.84. The molecule has 5 nitrogen and oxygen atoms in total. The van der Waals surface area contributed by atoms with Gasteiger partial charge in [0.15, 0.2) is 0 Å². The van der Waals surface area contributed by atoms with Crippen molar-refractivity contribution in [3.63, 3.8) is 0 Å². The first-order chi connectivity index (χ1) is 8.69. The Kier molecular flexibility index (Phi) is 7.23. The molecule has 106 valence electrons. The number of nitrogens with one attached hydrogen (secondary N) is 1. The lowest BCUT2D eigenvalue weighted by molar-refractivity contribution is -0.124. The molecule has 0 aliphatic carbocycles. The van der Waals surface area contributed by atoms with Gasteiger partial charge in [-0.2, -0.15) is 0 Å². The molecule has 0 bridgehead atoms. The van der Waals surface area contributed by atoms with Gasteiger partial charge in [-0.3, -0.25) is 9.69 Å². The maximum absolute atomic E-state index is 11.8. The molecule has 0 spiro atoms. The van der Waals surface area contributed by atoms with Gasteiger partial charge in [-0.05, 0) is 26.7 Å². The Morgan fingerprint density at radius 2 is 2.28 bits per heavy atom. The van der Waals surface area contributed by atoms with E-state index in [4.69, 9.17) is 4.74 Å². The van der Waals surface area contributed by atoms with E-state index in [0.29, 0.717) is 32.3 Å². The van der Waals surface area contributed by atoms with E-state index in [2.05, 4.69) is 17.1 Å². The summed E-state index contributed by atoms with van der Waals surface area (Å²) >= 11 is 0. The third-order valence-corrected chi connectivity index (χ3v) is 3.50. The van der Waals surface area contributed by atoms with Crippen LogP contribution in [0.25, 0.3) is 0 Å². The Morgan fingerprint density at radius 1 is 1.50 bits per heavy atom. The number of carbonyl (C=O) groups excluding carboxylic acids is 1. The highest BCUT2D eigenvalue weighted by Crippen LogP contribution is 2.21. The monoisotopic (exact) mass is 258 g/mol. The number of aliphatic hydroxyl groups is 1. The number of carbonyl (C=O) groups is 1. The van der Waals surface area contributed by atoms with Gasteiger partial charge < -0.3 is 15.2 Å². The average molecular weight is 258 g/mol. The smallest absolute Gasteiger partial charge is 0.234 e. The van der Waals surface area contributed by atoms with Crippen LogP contribution >= 0.6 is 0 Å². The molecule has 0 aromatic carbocycles. The van der Waals surface area contributed by atoms with E-state index in [-0.39, 0.29) is 18.6 Å². The van der Waals surface area contributed by atoms with E-state index in [1.807, 2.05) is 6.92 Å². The lowest BCUT2D eigenvalue weighted by atomic mass is 9.97. The zero-order valence-electron chi connectivity index (χ0n) is 11.5. The Balaban J connectivity index is 2.31. The molecule has 2 unspecified atom stereocenters. The standard InChI is InChI=1S/C13H26N2O3/c1-3-18-8-7-14-13(17)9-15-11(2)5-4-6-12(15)10-16/h11-12,16H,3-10H2,1-2H3,(H,14,17). The Morgan fingerprint density at radius 3 is 2.94 bits per heavy atom. The number of hydrogen-bond acceptors (Lipinski definition) is 4. The molecule has 18 heavy (non-hydrogen) atoms. The van der Waals surface area contributed by atoms with Crippen molar-refractivity contribution in [3.05, 3.63) is 0 Å². The summed E-state index contributed by atoms with van der Waals surface area (Å²) in [6.07, 6.45) is 3.21. The summed E-state index contributed by atoms with van der Waals surface area (Å²) in [5.41, 5.74) is 0. The minimum atomic E-state index is 0.0157. The zero-order valence-corrected chi connectivity index (χ0v) is 11.5. The van der Waals surface area contributed by atoms with Crippen LogP contribution in [0, 0.1) is 0 Å². The molecule has 0 saturated carbocycles. The molecule has 0 radical (unpaired) electrons. The van der Waals surface area contributed by atoms with Crippen LogP contribution in [-0.2, 0) is 9.53 Å². The molecule has 1 fully saturated rings. The van der Waals surface area contributed by atoms with E-state index >= 15 is 0 Å². The second-order valence-corrected chi connectivity index (χ2v) is 4.84. The molecule has 2 N–H and O–H groups in total. The van der Waals surface area contributed by atoms with Crippen LogP contribution < -0.4 is 5.32 Å². The second kappa shape index (κ2) is 8.45. The number of hydrogen-bond donors (Lipinski definition) is 2. The number of nitrogens with zero attached hydrogens (tertiary/aromatic N) is 1. The van der Waals surface area contributed by atoms with Crippen LogP contribution in [0.1, 0.15) is 33.1 Å². The number of aliphatic hydroxyl groups excluding tert-OH is 1. The van der Waals surface area contributed by atoms with Gasteiger partial charge in [-0.1, -0.05) is 6.42 Å². The highest BCUT2D eigenvalue weighted by molar-refractivity contribution is 5.78. The summed E-state index contributed by atoms with van der Waals surface area (Å²) in [5, 5.41) is 12.2. The fraction of sp³-hybridized carbons (Fsp3) is 0.923. The SMILES string of the molecule is CCOCCNC(=O)CN1C(C)CCCC1CO. The molecule has 1 aliphatic rings. The van der Waals surface area contributed by atoms with Crippen LogP contribution in [0.15, 0.2) is 0 Å². The number of piperidine rings is 1. The van der Waals surface area contributed by atoms with Gasteiger partial charge in [0.25, 0.3) is 0 Å². The number of amides is 1. The van der Waals surface area contributed by atoms with Crippen molar-refractivity contribution in [2.24, 2.45) is 0 Å². The first-order valence-electron chi connectivity index (χ1n) is 6.90. The minimum Gasteiger partial charge on any atom is -0.395 e. The largest absolute Gasteiger partial charge is 0.395 e. The molecule has 0 aromatic rings. The van der Waals surface area contributed by atoms with Gasteiger partial charge in [0.05, 0.1) is 19.8 Å². The molecule has 0 aromatic heterocycles. The number of rotatable bonds is 7. The van der Waals surface area contributed by atoms with Crippen molar-refractivity contribution in [3.8, 4) is 0 Å². The lowest BCUT2D eigenvalue weighted by Crippen LogP contribution is -2.51. The Bertz CT molecular complexity index is 248. The van der Waals surface area contributed by atoms with Crippen LogP contribution in [0.2, 0.25) is 0 Å². The van der Waals surface area contributed by atoms with Crippen molar-refractivity contribution in [2.75, 3.05) is 32.9 Å². The summed E-state index contributed by atoms with van der Waals surface area (Å²) < 4.78 is 5.17. The number of ether oxygens (including phenoxy) is 1. The average Bonchev–Trinajstić information content (AvgIpc) is 2.37. The van der Waals surface area contributed by atoms with Crippen LogP contribution in [-0.4, -0.2) is 60.9 Å². The molecule has 1 saturated heterocycles. The highest BCUT2D eigenvalue weighted by atomic mass is 16.5. The van der Waals surface area contributed by atoms with Gasteiger partial charge in [0, 0.05) is 25.2 Å². The maximum atomic E-state index is 11.8. The quantitative estimate of drug-likeness (QED) is 0.648. The topological polar surface area (TPSA) is 61.8 Å². The molecule has 5 heteroatoms. The number of likely N-dealkylation sites (tertiary alicyclic amines) is 1. The molecule has 2 atom stereocenters. The Labute approximate surface area is 109 Å². The van der Waals surface area contributed by atoms with E-state index in [9.17, 15) is 9.90 Å². The van der Waals surface area contributed by atoms with Gasteiger partial charge >= 0.3 is 0 Å². The van der Waals surface area contributed by atoms with Gasteiger partial charge in [-0.25, -0.2) is 0 Å². The molecular weight excluding hydrogens is 232 g/mol. The third-order valence-electron chi connectivity index (χ3n) is 3.50. The van der Waals surface area contributed by atoms with E-state index in [1.54, 1.807) is 0 Å². The van der Waals surface area contributed by atoms with Crippen molar-refractivity contribution in [1.82, 2.24) is 10.2 Å². The highest BCUT2D eigenvalue weighted by Gasteiger charge is 2.28. The summed E-state index contributed by atoms with van der Waals surface area (Å²) in [4.78, 5) is 13.9. The predicted molar refractivity (Wildman–Crippen MR) is 70.4 cm³/mol. The molecular formula is C13H26N2O3. The zero-order chi connectivity index (χ0) is 13.4. The summed E-state index contributed by atoms with van der Waals surface area (Å²) in [7, 11) is 0. The normalized spacial score (nSPS) is 25.1. The van der Waals surface area contributed by atoms with Crippen molar-refractivity contribution in [1.29, 1.82) is 0 Å². The first-order valence-corrected chi connectivity index (χ1v) is 6.90. The van der Waals surface area contributed by atoms with Crippen molar-refractivity contribution in [2.45, 2.75) is 45.2 Å². The van der Waals surface area contributed by atoms with Gasteiger partial charge in [0.1, 0.15) is 0 Å². The third kappa shape index (κ3) is 4.92. The molecule has 1 rings (SSSR count). The van der Waals surface area contributed by atoms with Crippen molar-refractivity contribution < 1.29 is 14.6 Å². The van der Waals surface area contributed by atoms with E-state index in [1.165, 1.54) is 0 Å². The first kappa shape index (κ1) is 15.4. The van der Waals surface area contributed by atoms with Crippen molar-refractivity contribution >= 4 is 5.91 Å². The minimum absolute atomic E-state index is 0.0157. The van der Waals surface area contributed by atoms with Crippen LogP contribution in [0.4, 0.5) is 0 Å². The summed E-state index contributed by atoms with van der Waals surface area (Å²) in [6.45, 7) is 6.35. The van der Waals surface area contributed by atoms with E-state index in [0.717, 1.165) is 19.3 Å². The summed E-state index contributed by atoms with van der Waals surface area (Å²) in [5.74, 6) is 0.0157. The van der Waals surface area contributed by atoms with Crippen LogP contribution in [0.3, 0.4) is 0 Å². The fourth-order valence-corrected chi connectivity index (χ4v) is 2.45. The molecule has 1 heterocycles. The summed E-state index contributed by atoms with van der Waals surface area (Å²) in [6, 6.07) is 0.500. The maximum Gasteiger partial charge on any atom is 0.234 e. The van der Waals surface area contributed by atoms with Gasteiger partial charge in [0.2, 0.25) is 5.91 Å². The van der Waals surface area contributed by atoms with Crippen LogP contribution in [0.5, 0.6) is 0 Å². The Hall–Kier alpha value is -0.650. The lowest BCUT2D eigenvalue weighted by Gasteiger charge is -2.39. The molecule has 1 aliphatic heterocycles. The van der Waals surface area contributed by atoms with E-state index < -0.39 is 0 Å². The fourth-order valence-electron chi connectivity index (χ4n) is 2.45. The molecule has 1 amide bonds. The van der Waals surface area contributed by atoms with Gasteiger partial charge in [-0.15, -0.1) is 0 Å². The predicted octanol–water partition coefficient (Wildman–Crippen LogP) is 0.374.